The second-order valence-corrected chi connectivity index (χ2v) is 11.9. The lowest BCUT2D eigenvalue weighted by Gasteiger charge is -2.31. The quantitative estimate of drug-likeness (QED) is 0.469. The molecule has 3 atom stereocenters. The van der Waals surface area contributed by atoms with E-state index in [1.54, 1.807) is 0 Å². The zero-order chi connectivity index (χ0) is 23.4. The molecule has 1 aliphatic heterocycles. The van der Waals surface area contributed by atoms with Gasteiger partial charge in [0.05, 0.1) is 18.4 Å². The number of carbonyl (C=O) groups excluding carboxylic acids is 1. The van der Waals surface area contributed by atoms with Gasteiger partial charge in [-0.25, -0.2) is 4.79 Å². The van der Waals surface area contributed by atoms with Gasteiger partial charge in [-0.1, -0.05) is 35.5 Å². The Morgan fingerprint density at radius 2 is 1.80 bits per heavy atom. The van der Waals surface area contributed by atoms with Crippen LogP contribution in [-0.4, -0.2) is 34.8 Å². The van der Waals surface area contributed by atoms with Crippen LogP contribution < -0.4 is 0 Å². The first-order valence-corrected chi connectivity index (χ1v) is 13.7. The molecule has 1 aromatic heterocycles. The van der Waals surface area contributed by atoms with E-state index in [9.17, 15) is 4.79 Å². The molecule has 4 aliphatic carbocycles. The molecule has 0 radical (unpaired) electrons. The number of likely N-dealkylation sites (tertiary alicyclic amines) is 1. The second kappa shape index (κ2) is 8.65. The maximum Gasteiger partial charge on any atom is 0.410 e. The summed E-state index contributed by atoms with van der Waals surface area (Å²) in [5, 5.41) is 4.62. The highest BCUT2D eigenvalue weighted by atomic mass is 16.6. The number of rotatable bonds is 7. The van der Waals surface area contributed by atoms with Gasteiger partial charge >= 0.3 is 6.09 Å². The summed E-state index contributed by atoms with van der Waals surface area (Å²) < 4.78 is 18.1. The molecule has 1 aromatic carbocycles. The summed E-state index contributed by atoms with van der Waals surface area (Å²) in [5.74, 6) is 2.57. The van der Waals surface area contributed by atoms with Crippen LogP contribution in [0.5, 0.6) is 0 Å². The van der Waals surface area contributed by atoms with Crippen molar-refractivity contribution in [1.29, 1.82) is 0 Å². The molecule has 2 bridgehead atoms. The van der Waals surface area contributed by atoms with E-state index >= 15 is 0 Å². The molecule has 6 heteroatoms. The number of hydrogen-bond donors (Lipinski definition) is 0. The number of carbonyl (C=O) groups is 1. The summed E-state index contributed by atoms with van der Waals surface area (Å²) >= 11 is 0. The Bertz CT molecular complexity index is 1060. The third-order valence-corrected chi connectivity index (χ3v) is 9.55. The molecular weight excluding hydrogens is 440 g/mol. The van der Waals surface area contributed by atoms with Crippen LogP contribution in [-0.2, 0) is 22.7 Å². The number of fused-ring (bicyclic) bond motifs is 2. The average molecular weight is 477 g/mol. The van der Waals surface area contributed by atoms with Gasteiger partial charge in [-0.15, -0.1) is 0 Å². The van der Waals surface area contributed by atoms with E-state index in [1.807, 2.05) is 35.2 Å². The number of piperidine rings is 1. The topological polar surface area (TPSA) is 64.8 Å². The molecule has 2 aromatic rings. The zero-order valence-corrected chi connectivity index (χ0v) is 20.5. The maximum atomic E-state index is 12.7. The Morgan fingerprint density at radius 1 is 1.00 bits per heavy atom. The van der Waals surface area contributed by atoms with E-state index in [2.05, 4.69) is 5.16 Å². The highest BCUT2D eigenvalue weighted by Crippen LogP contribution is 2.59. The first kappa shape index (κ1) is 21.9. The molecule has 186 valence electrons. The van der Waals surface area contributed by atoms with Gasteiger partial charge in [0.1, 0.15) is 12.4 Å². The van der Waals surface area contributed by atoms with Crippen LogP contribution in [0.3, 0.4) is 0 Å². The van der Waals surface area contributed by atoms with Gasteiger partial charge in [0.15, 0.2) is 0 Å². The van der Waals surface area contributed by atoms with Crippen molar-refractivity contribution in [2.45, 2.75) is 101 Å². The summed E-state index contributed by atoms with van der Waals surface area (Å²) in [6.07, 6.45) is 12.4. The lowest BCUT2D eigenvalue weighted by Crippen LogP contribution is -2.42. The van der Waals surface area contributed by atoms with Crippen molar-refractivity contribution < 1.29 is 18.8 Å². The number of nitrogens with zero attached hydrogens (tertiary/aromatic N) is 2. The third-order valence-electron chi connectivity index (χ3n) is 9.55. The van der Waals surface area contributed by atoms with Crippen LogP contribution in [0.15, 0.2) is 34.9 Å². The Hall–Kier alpha value is -2.34. The van der Waals surface area contributed by atoms with Crippen molar-refractivity contribution in [1.82, 2.24) is 10.1 Å². The van der Waals surface area contributed by atoms with Crippen LogP contribution in [0, 0.1) is 11.3 Å². The minimum Gasteiger partial charge on any atom is -0.445 e. The smallest absolute Gasteiger partial charge is 0.410 e. The number of amides is 1. The van der Waals surface area contributed by atoms with Crippen molar-refractivity contribution >= 4 is 6.09 Å². The van der Waals surface area contributed by atoms with E-state index in [0.717, 1.165) is 30.7 Å². The summed E-state index contributed by atoms with van der Waals surface area (Å²) in [6, 6.07) is 10.1. The van der Waals surface area contributed by atoms with Gasteiger partial charge in [-0.3, -0.25) is 0 Å². The van der Waals surface area contributed by atoms with E-state index in [1.165, 1.54) is 62.6 Å². The summed E-state index contributed by atoms with van der Waals surface area (Å²) in [6.45, 7) is 1.67. The van der Waals surface area contributed by atoms with Crippen LogP contribution in [0.1, 0.15) is 98.6 Å². The first-order chi connectivity index (χ1) is 17.2. The standard InChI is InChI=1S/C29H36N2O4/c32-28(34-17-19-4-2-1-3-5-19)31-16-22-14-23(31)15-25(22)33-18-24-26(30-35-27(24)21-6-7-21)20-8-10-29(11-9-20)12-13-29/h1-5,20-23,25H,6-18H2/t22-,23-,25+/m0/s1. The van der Waals surface area contributed by atoms with Crippen molar-refractivity contribution in [3.8, 4) is 0 Å². The SMILES string of the molecule is O=C(OCc1ccccc1)N1C[C@@H]2C[C@H]1C[C@H]2OCc1c(C2CCC3(CC2)CC3)noc1C1CC1. The molecule has 5 fully saturated rings. The minimum absolute atomic E-state index is 0.192. The highest BCUT2D eigenvalue weighted by Gasteiger charge is 2.49. The number of hydrogen-bond acceptors (Lipinski definition) is 5. The van der Waals surface area contributed by atoms with Crippen LogP contribution >= 0.6 is 0 Å². The molecule has 1 spiro atoms. The second-order valence-electron chi connectivity index (χ2n) is 11.9. The fraction of sp³-hybridized carbons (Fsp3) is 0.655. The van der Waals surface area contributed by atoms with Crippen molar-refractivity contribution in [3.05, 3.63) is 52.9 Å². The van der Waals surface area contributed by atoms with Crippen LogP contribution in [0.25, 0.3) is 0 Å². The molecule has 5 aliphatic rings. The maximum absolute atomic E-state index is 12.7. The fourth-order valence-corrected chi connectivity index (χ4v) is 6.97. The van der Waals surface area contributed by atoms with E-state index < -0.39 is 0 Å². The number of ether oxygens (including phenoxy) is 2. The van der Waals surface area contributed by atoms with Gasteiger partial charge in [-0.05, 0) is 75.2 Å². The largest absolute Gasteiger partial charge is 0.445 e. The fourth-order valence-electron chi connectivity index (χ4n) is 6.97. The molecule has 1 amide bonds. The molecule has 2 heterocycles. The Balaban J connectivity index is 0.961. The number of benzene rings is 1. The minimum atomic E-state index is -0.192. The zero-order valence-electron chi connectivity index (χ0n) is 20.5. The van der Waals surface area contributed by atoms with Crippen molar-refractivity contribution in [3.63, 3.8) is 0 Å². The number of aromatic nitrogens is 1. The summed E-state index contributed by atoms with van der Waals surface area (Å²) in [5.41, 5.74) is 4.16. The molecule has 7 rings (SSSR count). The Labute approximate surface area is 207 Å². The predicted molar refractivity (Wildman–Crippen MR) is 130 cm³/mol. The lowest BCUT2D eigenvalue weighted by molar-refractivity contribution is -0.0118. The van der Waals surface area contributed by atoms with Gasteiger partial charge in [-0.2, -0.15) is 0 Å². The normalized spacial score (nSPS) is 29.1. The van der Waals surface area contributed by atoms with Gasteiger partial charge < -0.3 is 18.9 Å². The molecule has 1 saturated heterocycles. The monoisotopic (exact) mass is 476 g/mol. The van der Waals surface area contributed by atoms with E-state index in [4.69, 9.17) is 14.0 Å². The predicted octanol–water partition coefficient (Wildman–Crippen LogP) is 6.31. The Morgan fingerprint density at radius 3 is 2.49 bits per heavy atom. The van der Waals surface area contributed by atoms with Crippen LogP contribution in [0.4, 0.5) is 4.79 Å². The van der Waals surface area contributed by atoms with Crippen LogP contribution in [0.2, 0.25) is 0 Å². The van der Waals surface area contributed by atoms with Gasteiger partial charge in [0.2, 0.25) is 0 Å². The molecular formula is C29H36N2O4. The van der Waals surface area contributed by atoms with Crippen molar-refractivity contribution in [2.75, 3.05) is 6.54 Å². The molecule has 0 N–H and O–H groups in total. The van der Waals surface area contributed by atoms with Crippen molar-refractivity contribution in [2.24, 2.45) is 11.3 Å². The molecule has 35 heavy (non-hydrogen) atoms. The van der Waals surface area contributed by atoms with E-state index in [-0.39, 0.29) is 18.2 Å². The lowest BCUT2D eigenvalue weighted by atomic mass is 9.77. The molecule has 4 saturated carbocycles. The first-order valence-electron chi connectivity index (χ1n) is 13.7. The average Bonchev–Trinajstić information content (AvgIpc) is 3.75. The summed E-state index contributed by atoms with van der Waals surface area (Å²) in [7, 11) is 0. The van der Waals surface area contributed by atoms with Gasteiger partial charge in [0, 0.05) is 35.9 Å². The van der Waals surface area contributed by atoms with Gasteiger partial charge in [0.25, 0.3) is 0 Å². The Kier molecular flexibility index (Phi) is 5.41. The van der Waals surface area contributed by atoms with E-state index in [0.29, 0.717) is 36.4 Å². The third kappa shape index (κ3) is 4.28. The highest BCUT2D eigenvalue weighted by molar-refractivity contribution is 5.68. The molecule has 0 unspecified atom stereocenters. The molecule has 6 nitrogen and oxygen atoms in total. The summed E-state index contributed by atoms with van der Waals surface area (Å²) in [4.78, 5) is 14.6.